The number of aromatic nitrogens is 2. The molecule has 7 nitrogen and oxygen atoms in total. The molecule has 3 aromatic rings. The molecule has 0 radical (unpaired) electrons. The zero-order valence-corrected chi connectivity index (χ0v) is 19.8. The molecule has 174 valence electrons. The zero-order valence-electron chi connectivity index (χ0n) is 19.8. The summed E-state index contributed by atoms with van der Waals surface area (Å²) >= 11 is 0. The number of carbonyl (C=O) groups is 2. The van der Waals surface area contributed by atoms with E-state index in [2.05, 4.69) is 60.2 Å². The van der Waals surface area contributed by atoms with Crippen molar-refractivity contribution in [3.63, 3.8) is 0 Å². The quantitative estimate of drug-likeness (QED) is 0.563. The van der Waals surface area contributed by atoms with Gasteiger partial charge in [-0.25, -0.2) is 4.79 Å². The highest BCUT2D eigenvalue weighted by Gasteiger charge is 2.39. The molecule has 0 aliphatic heterocycles. The molecule has 0 atom stereocenters. The summed E-state index contributed by atoms with van der Waals surface area (Å²) < 4.78 is 1.17. The molecule has 0 amide bonds. The van der Waals surface area contributed by atoms with Crippen LogP contribution in [0.15, 0.2) is 67.3 Å². The Morgan fingerprint density at radius 2 is 1.47 bits per heavy atom. The molecule has 34 heavy (non-hydrogen) atoms. The molecule has 2 aromatic carbocycles. The summed E-state index contributed by atoms with van der Waals surface area (Å²) in [7, 11) is 7.96. The van der Waals surface area contributed by atoms with Crippen molar-refractivity contribution < 1.29 is 14.7 Å². The second kappa shape index (κ2) is 8.67. The van der Waals surface area contributed by atoms with Crippen molar-refractivity contribution in [1.29, 1.82) is 0 Å². The number of aromatic carboxylic acids is 1. The highest BCUT2D eigenvalue weighted by molar-refractivity contribution is 5.95. The Labute approximate surface area is 199 Å². The molecule has 0 saturated carbocycles. The minimum Gasteiger partial charge on any atom is -0.476 e. The maximum Gasteiger partial charge on any atom is 0.357 e. The maximum atomic E-state index is 12.6. The van der Waals surface area contributed by atoms with Crippen LogP contribution in [-0.4, -0.2) is 55.0 Å². The molecule has 0 spiro atoms. The van der Waals surface area contributed by atoms with Crippen LogP contribution >= 0.6 is 0 Å². The predicted molar refractivity (Wildman–Crippen MR) is 135 cm³/mol. The summed E-state index contributed by atoms with van der Waals surface area (Å²) in [5.74, 6) is -1.63. The van der Waals surface area contributed by atoms with Crippen LogP contribution in [-0.2, 0) is 11.8 Å². The summed E-state index contributed by atoms with van der Waals surface area (Å²) in [6, 6.07) is 16.6. The van der Waals surface area contributed by atoms with Crippen molar-refractivity contribution in [3.8, 4) is 0 Å². The Bertz CT molecular complexity index is 1230. The number of allylic oxidation sites excluding steroid dienone is 2. The highest BCUT2D eigenvalue weighted by atomic mass is 16.4. The molecule has 0 saturated heterocycles. The number of benzene rings is 2. The van der Waals surface area contributed by atoms with Gasteiger partial charge in [0.15, 0.2) is 5.69 Å². The molecule has 4 rings (SSSR count). The van der Waals surface area contributed by atoms with E-state index in [0.29, 0.717) is 17.7 Å². The van der Waals surface area contributed by atoms with Crippen LogP contribution in [0.5, 0.6) is 0 Å². The molecule has 1 aliphatic carbocycles. The van der Waals surface area contributed by atoms with Crippen molar-refractivity contribution >= 4 is 29.3 Å². The second-order valence-electron chi connectivity index (χ2n) is 8.83. The third-order valence-corrected chi connectivity index (χ3v) is 6.39. The molecule has 1 aliphatic rings. The first-order valence-electron chi connectivity index (χ1n) is 10.9. The minimum absolute atomic E-state index is 0.138. The second-order valence-corrected chi connectivity index (χ2v) is 8.83. The summed E-state index contributed by atoms with van der Waals surface area (Å²) in [6.45, 7) is 3.56. The molecule has 1 heterocycles. The van der Waals surface area contributed by atoms with Gasteiger partial charge in [0.25, 0.3) is 5.91 Å². The first-order chi connectivity index (χ1) is 16.2. The molecule has 1 N–H and O–H groups in total. The van der Waals surface area contributed by atoms with E-state index in [1.807, 2.05) is 44.1 Å². The van der Waals surface area contributed by atoms with Crippen LogP contribution in [0.25, 0.3) is 6.08 Å². The minimum atomic E-state index is -1.17. The van der Waals surface area contributed by atoms with Gasteiger partial charge in [-0.1, -0.05) is 43.0 Å². The van der Waals surface area contributed by atoms with Gasteiger partial charge >= 0.3 is 5.97 Å². The molecule has 0 bridgehead atoms. The lowest BCUT2D eigenvalue weighted by molar-refractivity contribution is 0.0689. The fraction of sp³-hybridized carbons (Fsp3) is 0.222. The van der Waals surface area contributed by atoms with Gasteiger partial charge in [-0.15, -0.1) is 0 Å². The lowest BCUT2D eigenvalue weighted by atomic mass is 9.68. The summed E-state index contributed by atoms with van der Waals surface area (Å²) in [5, 5.41) is 13.8. The Morgan fingerprint density at radius 3 is 1.88 bits per heavy atom. The lowest BCUT2D eigenvalue weighted by Gasteiger charge is -2.35. The van der Waals surface area contributed by atoms with E-state index in [1.165, 1.54) is 4.68 Å². The Kier molecular flexibility index (Phi) is 5.87. The number of fused-ring (bicyclic) bond motifs is 1. The van der Waals surface area contributed by atoms with E-state index in [9.17, 15) is 14.7 Å². The van der Waals surface area contributed by atoms with E-state index in [-0.39, 0.29) is 5.69 Å². The van der Waals surface area contributed by atoms with Crippen LogP contribution in [0, 0.1) is 0 Å². The SMILES string of the molecule is C=CC(=O)n1nc(C(=O)O)c2c1CC(c1ccc(N(C)C)cc1)(c1ccc(N(C)C)cc1)C=C2. The van der Waals surface area contributed by atoms with Gasteiger partial charge in [-0.05, 0) is 41.5 Å². The van der Waals surface area contributed by atoms with Gasteiger partial charge in [-0.2, -0.15) is 9.78 Å². The molecule has 1 aromatic heterocycles. The number of hydrogen-bond acceptors (Lipinski definition) is 5. The monoisotopic (exact) mass is 456 g/mol. The number of nitrogens with zero attached hydrogens (tertiary/aromatic N) is 4. The topological polar surface area (TPSA) is 78.7 Å². The summed E-state index contributed by atoms with van der Waals surface area (Å²) in [5.41, 5.74) is 4.47. The molecule has 7 heteroatoms. The number of hydrogen-bond donors (Lipinski definition) is 1. The van der Waals surface area contributed by atoms with Crippen molar-refractivity contribution in [3.05, 3.63) is 95.3 Å². The normalized spacial score (nSPS) is 13.8. The first-order valence-corrected chi connectivity index (χ1v) is 10.9. The fourth-order valence-corrected chi connectivity index (χ4v) is 4.46. The maximum absolute atomic E-state index is 12.6. The highest BCUT2D eigenvalue weighted by Crippen LogP contribution is 2.43. The van der Waals surface area contributed by atoms with Crippen LogP contribution < -0.4 is 9.80 Å². The van der Waals surface area contributed by atoms with Gasteiger partial charge in [0.1, 0.15) is 0 Å². The average molecular weight is 457 g/mol. The van der Waals surface area contributed by atoms with Crippen LogP contribution in [0.2, 0.25) is 0 Å². The van der Waals surface area contributed by atoms with Gasteiger partial charge < -0.3 is 14.9 Å². The van der Waals surface area contributed by atoms with Crippen LogP contribution in [0.3, 0.4) is 0 Å². The largest absolute Gasteiger partial charge is 0.476 e. The number of carbonyl (C=O) groups excluding carboxylic acids is 1. The number of rotatable bonds is 6. The van der Waals surface area contributed by atoms with Crippen molar-refractivity contribution in [2.24, 2.45) is 0 Å². The van der Waals surface area contributed by atoms with Crippen molar-refractivity contribution in [1.82, 2.24) is 9.78 Å². The van der Waals surface area contributed by atoms with Crippen molar-refractivity contribution in [2.75, 3.05) is 38.0 Å². The third kappa shape index (κ3) is 3.79. The van der Waals surface area contributed by atoms with Crippen LogP contribution in [0.4, 0.5) is 11.4 Å². The first kappa shape index (κ1) is 23.0. The van der Waals surface area contributed by atoms with E-state index in [0.717, 1.165) is 28.6 Å². The number of carboxylic acids is 1. The molecular formula is C27H28N4O3. The Morgan fingerprint density at radius 1 is 0.971 bits per heavy atom. The third-order valence-electron chi connectivity index (χ3n) is 6.39. The van der Waals surface area contributed by atoms with Crippen LogP contribution in [0.1, 0.15) is 37.7 Å². The molecular weight excluding hydrogens is 428 g/mol. The standard InChI is InChI=1S/C27H28N4O3/c1-6-24(32)31-23-17-27(16-15-22(23)25(28-31)26(33)34,18-7-11-20(12-8-18)29(2)3)19-9-13-21(14-10-19)30(4)5/h6-16H,1,17H2,2-5H3,(H,33,34). The number of carboxylic acid groups (broad SMARTS) is 1. The van der Waals surface area contributed by atoms with E-state index < -0.39 is 17.3 Å². The smallest absolute Gasteiger partial charge is 0.357 e. The van der Waals surface area contributed by atoms with Crippen molar-refractivity contribution in [2.45, 2.75) is 11.8 Å². The van der Waals surface area contributed by atoms with E-state index >= 15 is 0 Å². The van der Waals surface area contributed by atoms with Gasteiger partial charge in [0, 0.05) is 57.0 Å². The summed E-state index contributed by atoms with van der Waals surface area (Å²) in [6.07, 6.45) is 5.33. The van der Waals surface area contributed by atoms with E-state index in [4.69, 9.17) is 0 Å². The molecule has 0 fully saturated rings. The van der Waals surface area contributed by atoms with E-state index in [1.54, 1.807) is 6.08 Å². The fourth-order valence-electron chi connectivity index (χ4n) is 4.46. The Hall–Kier alpha value is -4.13. The van der Waals surface area contributed by atoms with Gasteiger partial charge in [-0.3, -0.25) is 4.79 Å². The Balaban J connectivity index is 1.94. The van der Waals surface area contributed by atoms with Gasteiger partial charge in [0.2, 0.25) is 0 Å². The predicted octanol–water partition coefficient (Wildman–Crippen LogP) is 4.10. The van der Waals surface area contributed by atoms with Gasteiger partial charge in [0.05, 0.1) is 5.69 Å². The number of anilines is 2. The average Bonchev–Trinajstić information content (AvgIpc) is 3.22. The summed E-state index contributed by atoms with van der Waals surface area (Å²) in [4.78, 5) is 28.5. The zero-order chi connectivity index (χ0) is 24.6. The lowest BCUT2D eigenvalue weighted by Crippen LogP contribution is -2.32. The molecule has 0 unspecified atom stereocenters.